The Morgan fingerprint density at radius 1 is 1.06 bits per heavy atom. The van der Waals surface area contributed by atoms with Crippen molar-refractivity contribution in [2.75, 3.05) is 13.7 Å². The Morgan fingerprint density at radius 2 is 1.69 bits per heavy atom. The first-order chi connectivity index (χ1) is 7.56. The van der Waals surface area contributed by atoms with Crippen LogP contribution in [0.25, 0.3) is 0 Å². The lowest BCUT2D eigenvalue weighted by Gasteiger charge is -2.21. The lowest BCUT2D eigenvalue weighted by atomic mass is 9.99. The second kappa shape index (κ2) is 4.20. The highest BCUT2D eigenvalue weighted by Crippen LogP contribution is 2.19. The fraction of sp³-hybridized carbons (Fsp3) is 0.429. The number of nitrogens with zero attached hydrogens (tertiary/aromatic N) is 2. The maximum absolute atomic E-state index is 2.34. The summed E-state index contributed by atoms with van der Waals surface area (Å²) in [6, 6.07) is 4.54. The average Bonchev–Trinajstić information content (AvgIpc) is 2.58. The Labute approximate surface area is 98.2 Å². The summed E-state index contributed by atoms with van der Waals surface area (Å²) in [4.78, 5) is 4.53. The van der Waals surface area contributed by atoms with Crippen molar-refractivity contribution in [3.05, 3.63) is 46.8 Å². The second-order valence-electron chi connectivity index (χ2n) is 4.82. The molecule has 1 aliphatic heterocycles. The molecule has 2 heteroatoms. The minimum atomic E-state index is 0.993. The third kappa shape index (κ3) is 2.21. The predicted octanol–water partition coefficient (Wildman–Crippen LogP) is 2.79. The molecular formula is C14H20N2. The zero-order valence-electron chi connectivity index (χ0n) is 10.6. The van der Waals surface area contributed by atoms with Gasteiger partial charge in [-0.25, -0.2) is 0 Å². The number of rotatable bonds is 2. The lowest BCUT2D eigenvalue weighted by molar-refractivity contribution is 0.290. The molecule has 0 atom stereocenters. The van der Waals surface area contributed by atoms with Gasteiger partial charge in [-0.15, -0.1) is 0 Å². The molecule has 2 nitrogen and oxygen atoms in total. The lowest BCUT2D eigenvalue weighted by Crippen LogP contribution is -2.22. The summed E-state index contributed by atoms with van der Waals surface area (Å²) >= 11 is 0. The van der Waals surface area contributed by atoms with Gasteiger partial charge in [-0.05, 0) is 37.5 Å². The van der Waals surface area contributed by atoms with Gasteiger partial charge in [0.2, 0.25) is 0 Å². The van der Waals surface area contributed by atoms with Crippen LogP contribution in [-0.2, 0) is 6.54 Å². The Kier molecular flexibility index (Phi) is 2.90. The molecule has 0 saturated carbocycles. The van der Waals surface area contributed by atoms with E-state index in [1.54, 1.807) is 0 Å². The van der Waals surface area contributed by atoms with E-state index in [0.29, 0.717) is 0 Å². The maximum Gasteiger partial charge on any atom is 0.0894 e. The summed E-state index contributed by atoms with van der Waals surface area (Å²) < 4.78 is 0. The molecule has 0 amide bonds. The van der Waals surface area contributed by atoms with Crippen LogP contribution in [0.5, 0.6) is 0 Å². The van der Waals surface area contributed by atoms with Crippen molar-refractivity contribution in [3.8, 4) is 0 Å². The van der Waals surface area contributed by atoms with E-state index in [-0.39, 0.29) is 0 Å². The van der Waals surface area contributed by atoms with Crippen LogP contribution < -0.4 is 0 Å². The fourth-order valence-electron chi connectivity index (χ4n) is 2.35. The molecule has 1 heterocycles. The van der Waals surface area contributed by atoms with E-state index in [9.17, 15) is 0 Å². The van der Waals surface area contributed by atoms with Crippen molar-refractivity contribution in [1.29, 1.82) is 0 Å². The van der Waals surface area contributed by atoms with Gasteiger partial charge in [0.05, 0.1) is 6.67 Å². The molecule has 0 aliphatic carbocycles. The summed E-state index contributed by atoms with van der Waals surface area (Å²) in [6.07, 6.45) is 4.29. The minimum absolute atomic E-state index is 0.993. The van der Waals surface area contributed by atoms with Crippen LogP contribution in [0.1, 0.15) is 22.3 Å². The minimum Gasteiger partial charge on any atom is -0.362 e. The molecule has 1 aromatic rings. The highest BCUT2D eigenvalue weighted by Gasteiger charge is 2.11. The van der Waals surface area contributed by atoms with Crippen LogP contribution in [-0.4, -0.2) is 23.5 Å². The first kappa shape index (κ1) is 11.1. The van der Waals surface area contributed by atoms with Gasteiger partial charge in [0.1, 0.15) is 0 Å². The van der Waals surface area contributed by atoms with Gasteiger partial charge in [0.15, 0.2) is 0 Å². The Bertz CT molecular complexity index is 398. The summed E-state index contributed by atoms with van der Waals surface area (Å²) in [5.41, 5.74) is 5.62. The zero-order valence-corrected chi connectivity index (χ0v) is 10.6. The van der Waals surface area contributed by atoms with Crippen LogP contribution in [0.3, 0.4) is 0 Å². The number of benzene rings is 1. The van der Waals surface area contributed by atoms with E-state index in [1.807, 2.05) is 0 Å². The first-order valence-corrected chi connectivity index (χ1v) is 5.75. The summed E-state index contributed by atoms with van der Waals surface area (Å²) in [7, 11) is 2.10. The number of hydrogen-bond donors (Lipinski definition) is 0. The standard InChI is InChI=1S/C14H20N2/c1-11-7-12(2)14(13(3)8-11)9-16-6-5-15(4)10-16/h5-8H,9-10H2,1-4H3. The van der Waals surface area contributed by atoms with Crippen molar-refractivity contribution in [3.63, 3.8) is 0 Å². The normalized spacial score (nSPS) is 15.0. The van der Waals surface area contributed by atoms with Crippen LogP contribution in [0.2, 0.25) is 0 Å². The molecule has 0 radical (unpaired) electrons. The van der Waals surface area contributed by atoms with E-state index >= 15 is 0 Å². The highest BCUT2D eigenvalue weighted by atomic mass is 15.3. The zero-order chi connectivity index (χ0) is 11.7. The third-order valence-corrected chi connectivity index (χ3v) is 3.14. The van der Waals surface area contributed by atoms with Gasteiger partial charge in [-0.2, -0.15) is 0 Å². The van der Waals surface area contributed by atoms with E-state index in [4.69, 9.17) is 0 Å². The van der Waals surface area contributed by atoms with Gasteiger partial charge in [-0.3, -0.25) is 0 Å². The van der Waals surface area contributed by atoms with Crippen molar-refractivity contribution >= 4 is 0 Å². The molecule has 0 bridgehead atoms. The van der Waals surface area contributed by atoms with E-state index in [2.05, 4.69) is 62.2 Å². The highest BCUT2D eigenvalue weighted by molar-refractivity contribution is 5.37. The van der Waals surface area contributed by atoms with Crippen LogP contribution in [0, 0.1) is 20.8 Å². The largest absolute Gasteiger partial charge is 0.362 e. The smallest absolute Gasteiger partial charge is 0.0894 e. The second-order valence-corrected chi connectivity index (χ2v) is 4.82. The van der Waals surface area contributed by atoms with Crippen molar-refractivity contribution < 1.29 is 0 Å². The summed E-state index contributed by atoms with van der Waals surface area (Å²) in [6.45, 7) is 8.58. The number of aryl methyl sites for hydroxylation is 3. The molecular weight excluding hydrogens is 196 g/mol. The van der Waals surface area contributed by atoms with Crippen molar-refractivity contribution in [2.45, 2.75) is 27.3 Å². The number of hydrogen-bond acceptors (Lipinski definition) is 2. The third-order valence-electron chi connectivity index (χ3n) is 3.14. The molecule has 2 rings (SSSR count). The van der Waals surface area contributed by atoms with Gasteiger partial charge in [0.25, 0.3) is 0 Å². The summed E-state index contributed by atoms with van der Waals surface area (Å²) in [5.74, 6) is 0. The van der Waals surface area contributed by atoms with E-state index in [1.165, 1.54) is 22.3 Å². The topological polar surface area (TPSA) is 6.48 Å². The Hall–Kier alpha value is -1.44. The SMILES string of the molecule is Cc1cc(C)c(CN2C=CN(C)C2)c(C)c1. The van der Waals surface area contributed by atoms with Gasteiger partial charge in [-0.1, -0.05) is 17.7 Å². The Morgan fingerprint density at radius 3 is 2.19 bits per heavy atom. The average molecular weight is 216 g/mol. The molecule has 1 aromatic carbocycles. The predicted molar refractivity (Wildman–Crippen MR) is 68.0 cm³/mol. The molecule has 0 aromatic heterocycles. The van der Waals surface area contributed by atoms with Crippen LogP contribution in [0.4, 0.5) is 0 Å². The quantitative estimate of drug-likeness (QED) is 0.750. The van der Waals surface area contributed by atoms with Crippen molar-refractivity contribution in [1.82, 2.24) is 9.80 Å². The first-order valence-electron chi connectivity index (χ1n) is 5.75. The van der Waals surface area contributed by atoms with E-state index < -0.39 is 0 Å². The maximum atomic E-state index is 2.34. The van der Waals surface area contributed by atoms with Gasteiger partial charge >= 0.3 is 0 Å². The van der Waals surface area contributed by atoms with Crippen LogP contribution >= 0.6 is 0 Å². The molecule has 0 unspecified atom stereocenters. The molecule has 0 fully saturated rings. The molecule has 0 N–H and O–H groups in total. The molecule has 16 heavy (non-hydrogen) atoms. The monoisotopic (exact) mass is 216 g/mol. The van der Waals surface area contributed by atoms with E-state index in [0.717, 1.165) is 13.2 Å². The fourth-order valence-corrected chi connectivity index (χ4v) is 2.35. The van der Waals surface area contributed by atoms with Crippen LogP contribution in [0.15, 0.2) is 24.5 Å². The van der Waals surface area contributed by atoms with Crippen molar-refractivity contribution in [2.24, 2.45) is 0 Å². The molecule has 0 saturated heterocycles. The molecule has 0 spiro atoms. The van der Waals surface area contributed by atoms with Gasteiger partial charge < -0.3 is 9.80 Å². The molecule has 1 aliphatic rings. The summed E-state index contributed by atoms with van der Waals surface area (Å²) in [5, 5.41) is 0. The van der Waals surface area contributed by atoms with Gasteiger partial charge in [0, 0.05) is 26.0 Å². The molecule has 86 valence electrons. The Balaban J connectivity index is 2.19.